The zero-order valence-electron chi connectivity index (χ0n) is 18.5. The molecule has 0 aliphatic carbocycles. The topological polar surface area (TPSA) is 43.4 Å². The van der Waals surface area contributed by atoms with Crippen molar-refractivity contribution in [3.63, 3.8) is 0 Å². The number of ether oxygens (including phenoxy) is 1. The van der Waals surface area contributed by atoms with Crippen LogP contribution in [0.2, 0.25) is 0 Å². The van der Waals surface area contributed by atoms with Gasteiger partial charge < -0.3 is 4.74 Å². The van der Waals surface area contributed by atoms with E-state index in [1.165, 1.54) is 5.56 Å². The lowest BCUT2D eigenvalue weighted by Crippen LogP contribution is -2.29. The Morgan fingerprint density at radius 3 is 2.33 bits per heavy atom. The van der Waals surface area contributed by atoms with E-state index in [9.17, 15) is 9.59 Å². The Balaban J connectivity index is 2.03. The minimum atomic E-state index is -0.391. The Morgan fingerprint density at radius 2 is 1.73 bits per heavy atom. The molecule has 0 radical (unpaired) electrons. The smallest absolute Gasteiger partial charge is 0.313 e. The zero-order chi connectivity index (χ0) is 21.8. The van der Waals surface area contributed by atoms with E-state index in [1.54, 1.807) is 0 Å². The fourth-order valence-corrected chi connectivity index (χ4v) is 4.09. The third-order valence-corrected chi connectivity index (χ3v) is 6.09. The summed E-state index contributed by atoms with van der Waals surface area (Å²) < 4.78 is 4.70. The molecule has 3 heteroatoms. The molecule has 1 heterocycles. The van der Waals surface area contributed by atoms with E-state index in [-0.39, 0.29) is 11.8 Å². The van der Waals surface area contributed by atoms with Gasteiger partial charge in [-0.3, -0.25) is 9.59 Å². The lowest BCUT2D eigenvalue weighted by Gasteiger charge is -2.26. The van der Waals surface area contributed by atoms with Gasteiger partial charge in [0.15, 0.2) is 0 Å². The van der Waals surface area contributed by atoms with Crippen LogP contribution >= 0.6 is 0 Å². The predicted molar refractivity (Wildman–Crippen MR) is 123 cm³/mol. The summed E-state index contributed by atoms with van der Waals surface area (Å²) in [7, 11) is 0. The average Bonchev–Trinajstić information content (AvgIpc) is 2.75. The Kier molecular flexibility index (Phi) is 10.3. The minimum absolute atomic E-state index is 0.0428. The summed E-state index contributed by atoms with van der Waals surface area (Å²) in [6, 6.07) is 10.5. The zero-order valence-corrected chi connectivity index (χ0v) is 18.5. The second-order valence-electron chi connectivity index (χ2n) is 8.18. The average molecular weight is 409 g/mol. The van der Waals surface area contributed by atoms with Crippen LogP contribution in [-0.4, -0.2) is 11.9 Å². The number of rotatable bonds is 12. The molecule has 30 heavy (non-hydrogen) atoms. The highest BCUT2D eigenvalue weighted by Gasteiger charge is 2.31. The summed E-state index contributed by atoms with van der Waals surface area (Å²) in [6.07, 6.45) is 16.9. The van der Waals surface area contributed by atoms with Crippen molar-refractivity contribution in [3.8, 4) is 0 Å². The molecule has 2 rings (SSSR count). The molecule has 3 unspecified atom stereocenters. The van der Waals surface area contributed by atoms with Gasteiger partial charge >= 0.3 is 11.9 Å². The summed E-state index contributed by atoms with van der Waals surface area (Å²) in [5, 5.41) is 0. The molecule has 1 aromatic carbocycles. The highest BCUT2D eigenvalue weighted by Crippen LogP contribution is 2.31. The third kappa shape index (κ3) is 7.78. The van der Waals surface area contributed by atoms with Gasteiger partial charge in [0.05, 0.1) is 0 Å². The molecular weight excluding hydrogens is 372 g/mol. The van der Waals surface area contributed by atoms with Crippen LogP contribution in [0.15, 0.2) is 67.3 Å². The van der Waals surface area contributed by atoms with Crippen LogP contribution in [0, 0.1) is 17.8 Å². The fourth-order valence-electron chi connectivity index (χ4n) is 4.09. The van der Waals surface area contributed by atoms with Gasteiger partial charge in [0, 0.05) is 18.8 Å². The van der Waals surface area contributed by atoms with Crippen molar-refractivity contribution in [2.45, 2.75) is 64.7 Å². The Labute approximate surface area is 181 Å². The molecule has 1 aliphatic heterocycles. The molecule has 0 aromatic heterocycles. The first-order valence-corrected chi connectivity index (χ1v) is 11.3. The van der Waals surface area contributed by atoms with Crippen LogP contribution in [0.1, 0.15) is 70.3 Å². The number of hydrogen-bond donors (Lipinski definition) is 0. The van der Waals surface area contributed by atoms with E-state index in [4.69, 9.17) is 4.74 Å². The molecule has 0 N–H and O–H groups in total. The predicted octanol–water partition coefficient (Wildman–Crippen LogP) is 6.77. The number of hydrogen-bond acceptors (Lipinski definition) is 3. The summed E-state index contributed by atoms with van der Waals surface area (Å²) in [6.45, 7) is 8.21. The largest absolute Gasteiger partial charge is 0.393 e. The van der Waals surface area contributed by atoms with Crippen LogP contribution in [-0.2, 0) is 14.3 Å². The quantitative estimate of drug-likeness (QED) is 0.218. The van der Waals surface area contributed by atoms with Crippen LogP contribution in [0.5, 0.6) is 0 Å². The lowest BCUT2D eigenvalue weighted by atomic mass is 9.82. The monoisotopic (exact) mass is 408 g/mol. The maximum atomic E-state index is 11.7. The van der Waals surface area contributed by atoms with E-state index in [0.29, 0.717) is 24.7 Å². The fraction of sp³-hybridized carbons (Fsp3) is 0.481. The maximum absolute atomic E-state index is 11.7. The summed E-state index contributed by atoms with van der Waals surface area (Å²) in [5.41, 5.74) is 1.30. The van der Waals surface area contributed by atoms with Crippen molar-refractivity contribution in [1.29, 1.82) is 0 Å². The number of esters is 2. The van der Waals surface area contributed by atoms with Crippen molar-refractivity contribution in [1.82, 2.24) is 0 Å². The molecule has 0 bridgehead atoms. The minimum Gasteiger partial charge on any atom is -0.393 e. The SMILES string of the molecule is C=CC(CC)CC=CCCC(C=CC(CC)C1CC(=O)OC(=O)C1)c1ccccc1. The van der Waals surface area contributed by atoms with E-state index < -0.39 is 11.9 Å². The summed E-state index contributed by atoms with van der Waals surface area (Å²) >= 11 is 0. The Bertz CT molecular complexity index is 716. The molecule has 0 saturated carbocycles. The Hall–Kier alpha value is -2.42. The first-order valence-electron chi connectivity index (χ1n) is 11.3. The van der Waals surface area contributed by atoms with Crippen molar-refractivity contribution < 1.29 is 14.3 Å². The van der Waals surface area contributed by atoms with Gasteiger partial charge in [-0.25, -0.2) is 0 Å². The second kappa shape index (κ2) is 13.0. The normalized spacial score (nSPS) is 18.5. The standard InChI is InChI=1S/C27H36O3/c1-4-21(5-2)13-9-7-10-16-24(23-14-11-8-12-15-23)18-17-22(6-3)25-19-26(28)30-27(29)20-25/h4,7-9,11-12,14-15,17-18,21-22,24-25H,1,5-6,10,13,16,19-20H2,2-3H3. The van der Waals surface area contributed by atoms with Crippen LogP contribution in [0.25, 0.3) is 0 Å². The second-order valence-corrected chi connectivity index (χ2v) is 8.18. The highest BCUT2D eigenvalue weighted by atomic mass is 16.6. The highest BCUT2D eigenvalue weighted by molar-refractivity contribution is 5.88. The molecule has 1 saturated heterocycles. The molecular formula is C27H36O3. The van der Waals surface area contributed by atoms with Crippen molar-refractivity contribution in [3.05, 3.63) is 72.9 Å². The Morgan fingerprint density at radius 1 is 1.03 bits per heavy atom. The van der Waals surface area contributed by atoms with E-state index in [2.05, 4.69) is 69.0 Å². The molecule has 0 spiro atoms. The molecule has 1 fully saturated rings. The van der Waals surface area contributed by atoms with E-state index in [1.807, 2.05) is 12.1 Å². The number of benzene rings is 1. The van der Waals surface area contributed by atoms with Crippen molar-refractivity contribution in [2.24, 2.45) is 17.8 Å². The summed E-state index contributed by atoms with van der Waals surface area (Å²) in [5.74, 6) is 0.344. The molecule has 0 amide bonds. The van der Waals surface area contributed by atoms with Gasteiger partial charge in [-0.05, 0) is 55.4 Å². The van der Waals surface area contributed by atoms with Gasteiger partial charge in [0.1, 0.15) is 0 Å². The van der Waals surface area contributed by atoms with E-state index >= 15 is 0 Å². The number of carbonyl (C=O) groups excluding carboxylic acids is 2. The number of cyclic esters (lactones) is 2. The lowest BCUT2D eigenvalue weighted by molar-refractivity contribution is -0.166. The van der Waals surface area contributed by atoms with E-state index in [0.717, 1.165) is 32.1 Å². The van der Waals surface area contributed by atoms with Crippen LogP contribution in [0.3, 0.4) is 0 Å². The third-order valence-electron chi connectivity index (χ3n) is 6.09. The summed E-state index contributed by atoms with van der Waals surface area (Å²) in [4.78, 5) is 23.4. The molecule has 1 aliphatic rings. The van der Waals surface area contributed by atoms with Crippen LogP contribution < -0.4 is 0 Å². The maximum Gasteiger partial charge on any atom is 0.313 e. The molecule has 162 valence electrons. The first-order chi connectivity index (χ1) is 14.6. The molecule has 3 nitrogen and oxygen atoms in total. The number of allylic oxidation sites excluding steroid dienone is 5. The molecule has 3 atom stereocenters. The van der Waals surface area contributed by atoms with Gasteiger partial charge in [-0.2, -0.15) is 0 Å². The van der Waals surface area contributed by atoms with Gasteiger partial charge in [-0.1, -0.05) is 74.6 Å². The van der Waals surface area contributed by atoms with Crippen molar-refractivity contribution in [2.75, 3.05) is 0 Å². The first kappa shape index (κ1) is 23.9. The van der Waals surface area contributed by atoms with Gasteiger partial charge in [-0.15, -0.1) is 6.58 Å². The number of carbonyl (C=O) groups is 2. The van der Waals surface area contributed by atoms with Crippen molar-refractivity contribution >= 4 is 11.9 Å². The van der Waals surface area contributed by atoms with Gasteiger partial charge in [0.2, 0.25) is 0 Å². The molecule has 1 aromatic rings. The van der Waals surface area contributed by atoms with Crippen LogP contribution in [0.4, 0.5) is 0 Å². The van der Waals surface area contributed by atoms with Gasteiger partial charge in [0.25, 0.3) is 0 Å².